The van der Waals surface area contributed by atoms with E-state index in [2.05, 4.69) is 0 Å². The second kappa shape index (κ2) is 5.14. The van der Waals surface area contributed by atoms with E-state index in [0.29, 0.717) is 22.2 Å². The Bertz CT molecular complexity index is 786. The normalized spacial score (nSPS) is 10.8. The summed E-state index contributed by atoms with van der Waals surface area (Å²) in [5, 5.41) is 9.95. The van der Waals surface area contributed by atoms with Crippen LogP contribution in [0.1, 0.15) is 16.1 Å². The number of hydrogen-bond acceptors (Lipinski definition) is 2. The second-order valence-corrected chi connectivity index (χ2v) is 5.06. The van der Waals surface area contributed by atoms with Crippen LogP contribution in [0.2, 0.25) is 5.02 Å². The Morgan fingerprint density at radius 3 is 2.52 bits per heavy atom. The molecule has 106 valence electrons. The van der Waals surface area contributed by atoms with E-state index in [-0.39, 0.29) is 5.56 Å². The van der Waals surface area contributed by atoms with Gasteiger partial charge >= 0.3 is 5.97 Å². The van der Waals surface area contributed by atoms with Crippen molar-refractivity contribution >= 4 is 17.6 Å². The molecule has 3 rings (SSSR count). The van der Waals surface area contributed by atoms with Gasteiger partial charge in [0.1, 0.15) is 0 Å². The Morgan fingerprint density at radius 2 is 1.95 bits per heavy atom. The lowest BCUT2D eigenvalue weighted by Crippen LogP contribution is -2.02. The SMILES string of the molecule is Cc1c(C(=O)O)cc(-c2ccco2)n1-c1ccc(Cl)cc1. The number of carboxylic acids is 1. The summed E-state index contributed by atoms with van der Waals surface area (Å²) in [7, 11) is 0. The smallest absolute Gasteiger partial charge is 0.337 e. The van der Waals surface area contributed by atoms with Gasteiger partial charge in [0.2, 0.25) is 0 Å². The van der Waals surface area contributed by atoms with Crippen molar-refractivity contribution in [3.8, 4) is 17.1 Å². The maximum Gasteiger partial charge on any atom is 0.337 e. The molecule has 0 fully saturated rings. The predicted molar refractivity (Wildman–Crippen MR) is 80.2 cm³/mol. The van der Waals surface area contributed by atoms with Gasteiger partial charge in [-0.15, -0.1) is 0 Å². The van der Waals surface area contributed by atoms with Crippen LogP contribution >= 0.6 is 11.6 Å². The Labute approximate surface area is 126 Å². The van der Waals surface area contributed by atoms with Crippen LogP contribution < -0.4 is 0 Å². The van der Waals surface area contributed by atoms with Crippen LogP contribution in [-0.2, 0) is 0 Å². The zero-order valence-corrected chi connectivity index (χ0v) is 12.0. The van der Waals surface area contributed by atoms with Crippen molar-refractivity contribution in [2.75, 3.05) is 0 Å². The van der Waals surface area contributed by atoms with Crippen molar-refractivity contribution in [2.45, 2.75) is 6.92 Å². The van der Waals surface area contributed by atoms with Gasteiger partial charge in [0.15, 0.2) is 5.76 Å². The molecule has 21 heavy (non-hydrogen) atoms. The molecular formula is C16H12ClNO3. The van der Waals surface area contributed by atoms with Crippen LogP contribution in [0, 0.1) is 6.92 Å². The molecule has 0 saturated heterocycles. The molecular weight excluding hydrogens is 290 g/mol. The van der Waals surface area contributed by atoms with E-state index in [1.807, 2.05) is 16.7 Å². The molecule has 0 radical (unpaired) electrons. The topological polar surface area (TPSA) is 55.4 Å². The molecule has 0 spiro atoms. The number of benzene rings is 1. The summed E-state index contributed by atoms with van der Waals surface area (Å²) in [5.41, 5.74) is 2.40. The summed E-state index contributed by atoms with van der Waals surface area (Å²) < 4.78 is 7.26. The largest absolute Gasteiger partial charge is 0.478 e. The molecule has 2 heterocycles. The number of halogens is 1. The molecule has 5 heteroatoms. The Kier molecular flexibility index (Phi) is 3.31. The minimum atomic E-state index is -0.965. The van der Waals surface area contributed by atoms with Gasteiger partial charge in [-0.25, -0.2) is 4.79 Å². The number of aromatic carboxylic acids is 1. The molecule has 3 aromatic rings. The first-order valence-electron chi connectivity index (χ1n) is 6.33. The summed E-state index contributed by atoms with van der Waals surface area (Å²) in [6.45, 7) is 1.77. The maximum atomic E-state index is 11.4. The number of carbonyl (C=O) groups is 1. The van der Waals surface area contributed by atoms with E-state index in [1.54, 1.807) is 43.5 Å². The highest BCUT2D eigenvalue weighted by Crippen LogP contribution is 2.30. The zero-order valence-electron chi connectivity index (χ0n) is 11.2. The van der Waals surface area contributed by atoms with Crippen molar-refractivity contribution in [2.24, 2.45) is 0 Å². The average molecular weight is 302 g/mol. The van der Waals surface area contributed by atoms with Crippen LogP contribution in [0.4, 0.5) is 0 Å². The van der Waals surface area contributed by atoms with Gasteiger partial charge in [0, 0.05) is 16.4 Å². The zero-order chi connectivity index (χ0) is 15.0. The van der Waals surface area contributed by atoms with Crippen molar-refractivity contribution in [3.63, 3.8) is 0 Å². The summed E-state index contributed by atoms with van der Waals surface area (Å²) in [6.07, 6.45) is 1.56. The molecule has 1 N–H and O–H groups in total. The summed E-state index contributed by atoms with van der Waals surface area (Å²) in [4.78, 5) is 11.4. The van der Waals surface area contributed by atoms with Crippen molar-refractivity contribution < 1.29 is 14.3 Å². The number of hydrogen-bond donors (Lipinski definition) is 1. The van der Waals surface area contributed by atoms with E-state index in [0.717, 1.165) is 5.69 Å². The van der Waals surface area contributed by atoms with Gasteiger partial charge in [-0.2, -0.15) is 0 Å². The van der Waals surface area contributed by atoms with Gasteiger partial charge in [-0.05, 0) is 49.4 Å². The fourth-order valence-corrected chi connectivity index (χ4v) is 2.48. The highest BCUT2D eigenvalue weighted by atomic mass is 35.5. The number of carboxylic acid groups (broad SMARTS) is 1. The molecule has 0 saturated carbocycles. The monoisotopic (exact) mass is 301 g/mol. The molecule has 0 atom stereocenters. The van der Waals surface area contributed by atoms with Gasteiger partial charge in [0.05, 0.1) is 17.5 Å². The summed E-state index contributed by atoms with van der Waals surface area (Å²) in [6, 6.07) is 12.4. The van der Waals surface area contributed by atoms with Crippen LogP contribution in [0.5, 0.6) is 0 Å². The molecule has 0 aliphatic rings. The first-order valence-corrected chi connectivity index (χ1v) is 6.71. The van der Waals surface area contributed by atoms with E-state index >= 15 is 0 Å². The molecule has 1 aromatic carbocycles. The molecule has 4 nitrogen and oxygen atoms in total. The Morgan fingerprint density at radius 1 is 1.24 bits per heavy atom. The molecule has 0 unspecified atom stereocenters. The molecule has 0 aliphatic carbocycles. The van der Waals surface area contributed by atoms with Crippen LogP contribution in [0.25, 0.3) is 17.1 Å². The maximum absolute atomic E-state index is 11.4. The third-order valence-corrected chi connectivity index (χ3v) is 3.59. The van der Waals surface area contributed by atoms with E-state index in [9.17, 15) is 9.90 Å². The summed E-state index contributed by atoms with van der Waals surface area (Å²) in [5.74, 6) is -0.353. The van der Waals surface area contributed by atoms with Gasteiger partial charge in [0.25, 0.3) is 0 Å². The van der Waals surface area contributed by atoms with Crippen molar-refractivity contribution in [1.82, 2.24) is 4.57 Å². The lowest BCUT2D eigenvalue weighted by atomic mass is 10.2. The van der Waals surface area contributed by atoms with Gasteiger partial charge < -0.3 is 14.1 Å². The minimum absolute atomic E-state index is 0.247. The predicted octanol–water partition coefficient (Wildman–Crippen LogP) is 4.40. The quantitative estimate of drug-likeness (QED) is 0.780. The number of aromatic nitrogens is 1. The van der Waals surface area contributed by atoms with Gasteiger partial charge in [-0.3, -0.25) is 0 Å². The van der Waals surface area contributed by atoms with E-state index < -0.39 is 5.97 Å². The second-order valence-electron chi connectivity index (χ2n) is 4.62. The minimum Gasteiger partial charge on any atom is -0.478 e. The lowest BCUT2D eigenvalue weighted by molar-refractivity contribution is 0.0696. The Balaban J connectivity index is 2.26. The third-order valence-electron chi connectivity index (χ3n) is 3.34. The molecule has 0 amide bonds. The number of nitrogens with zero attached hydrogens (tertiary/aromatic N) is 1. The van der Waals surface area contributed by atoms with Crippen LogP contribution in [-0.4, -0.2) is 15.6 Å². The first-order chi connectivity index (χ1) is 10.1. The number of rotatable bonds is 3. The standard InChI is InChI=1S/C16H12ClNO3/c1-10-13(16(19)20)9-14(15-3-2-8-21-15)18(10)12-6-4-11(17)5-7-12/h2-9H,1H3,(H,19,20). The highest BCUT2D eigenvalue weighted by Gasteiger charge is 2.20. The van der Waals surface area contributed by atoms with Gasteiger partial charge in [-0.1, -0.05) is 11.6 Å². The van der Waals surface area contributed by atoms with Crippen LogP contribution in [0.3, 0.4) is 0 Å². The molecule has 0 aliphatic heterocycles. The van der Waals surface area contributed by atoms with Crippen LogP contribution in [0.15, 0.2) is 53.1 Å². The molecule has 2 aromatic heterocycles. The number of furan rings is 1. The molecule has 0 bridgehead atoms. The summed E-state index contributed by atoms with van der Waals surface area (Å²) >= 11 is 5.91. The van der Waals surface area contributed by atoms with Crippen molar-refractivity contribution in [3.05, 3.63) is 65.0 Å². The first kappa shape index (κ1) is 13.5. The Hall–Kier alpha value is -2.46. The fraction of sp³-hybridized carbons (Fsp3) is 0.0625. The van der Waals surface area contributed by atoms with E-state index in [1.165, 1.54) is 0 Å². The highest BCUT2D eigenvalue weighted by molar-refractivity contribution is 6.30. The van der Waals surface area contributed by atoms with E-state index in [4.69, 9.17) is 16.0 Å². The fourth-order valence-electron chi connectivity index (χ4n) is 2.35. The van der Waals surface area contributed by atoms with Crippen molar-refractivity contribution in [1.29, 1.82) is 0 Å². The lowest BCUT2D eigenvalue weighted by Gasteiger charge is -2.10. The third kappa shape index (κ3) is 2.34. The average Bonchev–Trinajstić information content (AvgIpc) is 3.07.